The smallest absolute Gasteiger partial charge is 0.410 e. The summed E-state index contributed by atoms with van der Waals surface area (Å²) < 4.78 is 22.4. The van der Waals surface area contributed by atoms with Gasteiger partial charge in [0, 0.05) is 74.0 Å². The van der Waals surface area contributed by atoms with Gasteiger partial charge < -0.3 is 24.6 Å². The third kappa shape index (κ3) is 7.61. The maximum absolute atomic E-state index is 15.2. The molecule has 2 aromatic carbocycles. The van der Waals surface area contributed by atoms with Crippen LogP contribution in [0.5, 0.6) is 0 Å². The molecular weight excluding hydrogens is 587 g/mol. The van der Waals surface area contributed by atoms with E-state index in [2.05, 4.69) is 17.1 Å². The van der Waals surface area contributed by atoms with Gasteiger partial charge in [0.15, 0.2) is 0 Å². The highest BCUT2D eigenvalue weighted by molar-refractivity contribution is 5.97. The van der Waals surface area contributed by atoms with Crippen LogP contribution in [0, 0.1) is 18.2 Å². The van der Waals surface area contributed by atoms with Gasteiger partial charge in [-0.2, -0.15) is 0 Å². The average molecular weight is 635 g/mol. The van der Waals surface area contributed by atoms with E-state index < -0.39 is 16.8 Å². The molecule has 2 aliphatic rings. The van der Waals surface area contributed by atoms with Crippen LogP contribution in [0.4, 0.5) is 9.18 Å². The molecule has 2 heterocycles. The molecule has 2 amide bonds. The number of rotatable bonds is 8. The topological polar surface area (TPSA) is 104 Å². The third-order valence-electron chi connectivity index (χ3n) is 8.82. The minimum Gasteiger partial charge on any atom is -0.444 e. The number of hydrogen-bond donors (Lipinski definition) is 2. The monoisotopic (exact) mass is 634 g/mol. The van der Waals surface area contributed by atoms with Crippen LogP contribution in [0.25, 0.3) is 21.9 Å². The normalized spacial score (nSPS) is 17.8. The fourth-order valence-electron chi connectivity index (χ4n) is 5.94. The Morgan fingerprint density at radius 1 is 1.07 bits per heavy atom. The lowest BCUT2D eigenvalue weighted by atomic mass is 9.93. The molecular formula is C36H47FN4O5. The molecule has 1 aromatic heterocycles. The molecule has 5 rings (SSSR count). The summed E-state index contributed by atoms with van der Waals surface area (Å²) in [6, 6.07) is 8.67. The van der Waals surface area contributed by atoms with Crippen molar-refractivity contribution < 1.29 is 23.8 Å². The first kappa shape index (κ1) is 33.6. The molecule has 10 heteroatoms. The summed E-state index contributed by atoms with van der Waals surface area (Å²) in [5, 5.41) is 14.2. The molecule has 0 radical (unpaired) electrons. The zero-order valence-corrected chi connectivity index (χ0v) is 28.1. The van der Waals surface area contributed by atoms with Crippen molar-refractivity contribution in [1.82, 2.24) is 19.7 Å². The van der Waals surface area contributed by atoms with Crippen LogP contribution in [0.15, 0.2) is 41.3 Å². The van der Waals surface area contributed by atoms with Gasteiger partial charge in [-0.15, -0.1) is 0 Å². The fourth-order valence-corrected chi connectivity index (χ4v) is 5.94. The van der Waals surface area contributed by atoms with Crippen LogP contribution in [-0.2, 0) is 17.8 Å². The maximum atomic E-state index is 15.2. The van der Waals surface area contributed by atoms with Gasteiger partial charge in [-0.3, -0.25) is 14.5 Å². The number of amides is 2. The fraction of sp³-hybridized carbons (Fsp3) is 0.528. The lowest BCUT2D eigenvalue weighted by Crippen LogP contribution is -2.54. The molecule has 1 saturated carbocycles. The number of halogens is 1. The Bertz CT molecular complexity index is 1710. The van der Waals surface area contributed by atoms with E-state index in [0.717, 1.165) is 23.8 Å². The number of nitrogens with one attached hydrogen (secondary N) is 1. The van der Waals surface area contributed by atoms with E-state index in [0.29, 0.717) is 54.8 Å². The van der Waals surface area contributed by atoms with Crippen molar-refractivity contribution in [2.24, 2.45) is 5.41 Å². The van der Waals surface area contributed by atoms with Crippen LogP contribution in [0.2, 0.25) is 0 Å². The van der Waals surface area contributed by atoms with E-state index in [9.17, 15) is 19.5 Å². The van der Waals surface area contributed by atoms with Crippen molar-refractivity contribution >= 4 is 22.8 Å². The van der Waals surface area contributed by atoms with Gasteiger partial charge in [-0.25, -0.2) is 9.18 Å². The number of aromatic nitrogens is 1. The Hall–Kier alpha value is -3.76. The molecule has 2 N–H and O–H groups in total. The molecule has 9 nitrogen and oxygen atoms in total. The highest BCUT2D eigenvalue weighted by Crippen LogP contribution is 2.32. The van der Waals surface area contributed by atoms with E-state index in [4.69, 9.17) is 4.74 Å². The summed E-state index contributed by atoms with van der Waals surface area (Å²) in [6.45, 7) is 15.5. The Kier molecular flexibility index (Phi) is 9.35. The van der Waals surface area contributed by atoms with E-state index in [1.165, 1.54) is 6.07 Å². The molecule has 248 valence electrons. The Balaban J connectivity index is 1.53. The molecule has 0 spiro atoms. The number of aliphatic hydroxyl groups is 1. The zero-order valence-electron chi connectivity index (χ0n) is 28.1. The van der Waals surface area contributed by atoms with E-state index >= 15 is 4.39 Å². The number of aliphatic hydroxyl groups excluding tert-OH is 1. The van der Waals surface area contributed by atoms with Gasteiger partial charge in [0.2, 0.25) is 0 Å². The zero-order chi connectivity index (χ0) is 33.6. The standard InChI is InChI=1S/C36H47FN4O5/c1-22-17-40(34(45)46-35(3,4)5)13-12-39(22)18-26-19-41(20-36(6,7)21-42)33(44)28-11-8-24(14-30(26)28)29-15-25(16-31(37)23(29)2)32(43)38-27-9-10-27/h8,11,14-16,19,22,27,42H,9-10,12-13,17-18,20-21H2,1-7H3,(H,38,43)/t22-/m1/s1. The van der Waals surface area contributed by atoms with Gasteiger partial charge in [0.25, 0.3) is 11.5 Å². The number of carbonyl (C=O) groups is 2. The first-order valence-electron chi connectivity index (χ1n) is 16.2. The Labute approximate surface area is 270 Å². The van der Waals surface area contributed by atoms with Crippen LogP contribution in [0.3, 0.4) is 0 Å². The minimum absolute atomic E-state index is 0.0202. The minimum atomic E-state index is -0.577. The summed E-state index contributed by atoms with van der Waals surface area (Å²) in [5.74, 6) is -0.755. The summed E-state index contributed by atoms with van der Waals surface area (Å²) >= 11 is 0. The van der Waals surface area contributed by atoms with Crippen LogP contribution < -0.4 is 10.9 Å². The number of carbonyl (C=O) groups excluding carboxylic acids is 2. The lowest BCUT2D eigenvalue weighted by Gasteiger charge is -2.40. The number of fused-ring (bicyclic) bond motifs is 1. The van der Waals surface area contributed by atoms with Gasteiger partial charge in [-0.05, 0) is 99.4 Å². The molecule has 1 aliphatic carbocycles. The largest absolute Gasteiger partial charge is 0.444 e. The van der Waals surface area contributed by atoms with Crippen molar-refractivity contribution in [3.05, 3.63) is 69.4 Å². The van der Waals surface area contributed by atoms with Gasteiger partial charge in [0.1, 0.15) is 11.4 Å². The Morgan fingerprint density at radius 2 is 1.78 bits per heavy atom. The summed E-state index contributed by atoms with van der Waals surface area (Å²) in [5.41, 5.74) is 1.64. The number of pyridine rings is 1. The quantitative estimate of drug-likeness (QED) is 0.341. The second kappa shape index (κ2) is 12.8. The van der Waals surface area contributed by atoms with Crippen molar-refractivity contribution in [3.63, 3.8) is 0 Å². The Morgan fingerprint density at radius 3 is 2.41 bits per heavy atom. The van der Waals surface area contributed by atoms with Crippen molar-refractivity contribution in [3.8, 4) is 11.1 Å². The number of ether oxygens (including phenoxy) is 1. The molecule has 2 fully saturated rings. The van der Waals surface area contributed by atoms with Crippen LogP contribution in [0.1, 0.15) is 75.9 Å². The van der Waals surface area contributed by atoms with E-state index in [1.54, 1.807) is 28.5 Å². The van der Waals surface area contributed by atoms with Crippen molar-refractivity contribution in [2.75, 3.05) is 26.2 Å². The summed E-state index contributed by atoms with van der Waals surface area (Å²) in [4.78, 5) is 43.4. The lowest BCUT2D eigenvalue weighted by molar-refractivity contribution is 0.00462. The maximum Gasteiger partial charge on any atom is 0.410 e. The molecule has 1 saturated heterocycles. The molecule has 1 atom stereocenters. The average Bonchev–Trinajstić information content (AvgIpc) is 3.80. The highest BCUT2D eigenvalue weighted by Gasteiger charge is 2.31. The van der Waals surface area contributed by atoms with Crippen LogP contribution >= 0.6 is 0 Å². The number of piperazine rings is 1. The van der Waals surface area contributed by atoms with Gasteiger partial charge >= 0.3 is 6.09 Å². The second-order valence-corrected chi connectivity index (χ2v) is 14.8. The number of nitrogens with zero attached hydrogens (tertiary/aromatic N) is 3. The van der Waals surface area contributed by atoms with Crippen molar-refractivity contribution in [2.45, 2.75) is 92.1 Å². The second-order valence-electron chi connectivity index (χ2n) is 14.8. The van der Waals surface area contributed by atoms with E-state index in [-0.39, 0.29) is 41.8 Å². The van der Waals surface area contributed by atoms with Crippen LogP contribution in [-0.4, -0.2) is 75.4 Å². The van der Waals surface area contributed by atoms with E-state index in [1.807, 2.05) is 52.9 Å². The molecule has 3 aromatic rings. The summed E-state index contributed by atoms with van der Waals surface area (Å²) in [7, 11) is 0. The predicted octanol–water partition coefficient (Wildman–Crippen LogP) is 5.47. The first-order chi connectivity index (χ1) is 21.5. The SMILES string of the molecule is Cc1c(F)cc(C(=O)NC2CC2)cc1-c1ccc2c(=O)n(CC(C)(C)CO)cc(CN3CCN(C(=O)OC(C)(C)C)C[C@H]3C)c2c1. The third-order valence-corrected chi connectivity index (χ3v) is 8.82. The number of hydrogen-bond acceptors (Lipinski definition) is 6. The molecule has 0 unspecified atom stereocenters. The first-order valence-corrected chi connectivity index (χ1v) is 16.2. The number of benzene rings is 2. The highest BCUT2D eigenvalue weighted by atomic mass is 19.1. The molecule has 1 aliphatic heterocycles. The molecule has 0 bridgehead atoms. The predicted molar refractivity (Wildman–Crippen MR) is 177 cm³/mol. The van der Waals surface area contributed by atoms with Gasteiger partial charge in [-0.1, -0.05) is 19.9 Å². The van der Waals surface area contributed by atoms with Crippen molar-refractivity contribution in [1.29, 1.82) is 0 Å². The summed E-state index contributed by atoms with van der Waals surface area (Å²) in [6.07, 6.45) is 3.40. The molecule has 46 heavy (non-hydrogen) atoms. The van der Waals surface area contributed by atoms with Gasteiger partial charge in [0.05, 0.1) is 0 Å².